The van der Waals surface area contributed by atoms with Gasteiger partial charge in [-0.2, -0.15) is 0 Å². The van der Waals surface area contributed by atoms with Gasteiger partial charge in [-0.25, -0.2) is 0 Å². The van der Waals surface area contributed by atoms with Crippen molar-refractivity contribution in [1.82, 2.24) is 4.90 Å². The standard InChI is InChI=1S/C52H87N/c1-3-11-36(12-4-1)37-25-29-46(30-26-37)53(45-16-5-2-6-17-45)47-31-27-39(28-32-47)48-18-10-20-50-51(48)35-43-15-9-19-49(52(43)50)40-23-21-38(22-24-40)44-33-41-13-7-8-14-42(41)34-44/h36-52H,1-35H2. The highest BCUT2D eigenvalue weighted by Gasteiger charge is 2.54. The molecule has 10 saturated carbocycles. The normalized spacial score (nSPS) is 49.0. The fourth-order valence-corrected chi connectivity index (χ4v) is 18.7. The average molecular weight is 726 g/mol. The monoisotopic (exact) mass is 726 g/mol. The van der Waals surface area contributed by atoms with Crippen LogP contribution in [0.5, 0.6) is 0 Å². The Kier molecular flexibility index (Phi) is 12.0. The summed E-state index contributed by atoms with van der Waals surface area (Å²) >= 11 is 0. The van der Waals surface area contributed by atoms with Crippen molar-refractivity contribution in [3.05, 3.63) is 0 Å². The van der Waals surface area contributed by atoms with Crippen molar-refractivity contribution in [2.75, 3.05) is 0 Å². The molecule has 8 atom stereocenters. The van der Waals surface area contributed by atoms with Gasteiger partial charge in [-0.1, -0.05) is 96.3 Å². The summed E-state index contributed by atoms with van der Waals surface area (Å²) in [6, 6.07) is 2.81. The van der Waals surface area contributed by atoms with Gasteiger partial charge in [0.2, 0.25) is 0 Å². The van der Waals surface area contributed by atoms with Gasteiger partial charge in [0.1, 0.15) is 0 Å². The van der Waals surface area contributed by atoms with E-state index in [1.807, 2.05) is 0 Å². The van der Waals surface area contributed by atoms with E-state index in [1.165, 1.54) is 51.4 Å². The molecule has 0 saturated heterocycles. The van der Waals surface area contributed by atoms with Gasteiger partial charge >= 0.3 is 0 Å². The van der Waals surface area contributed by atoms with Crippen molar-refractivity contribution in [2.24, 2.45) is 82.9 Å². The Bertz CT molecular complexity index is 1110. The van der Waals surface area contributed by atoms with Gasteiger partial charge in [0, 0.05) is 18.1 Å². The lowest BCUT2D eigenvalue weighted by Crippen LogP contribution is -2.53. The molecule has 0 heterocycles. The van der Waals surface area contributed by atoms with Crippen molar-refractivity contribution in [3.63, 3.8) is 0 Å². The number of hydrogen-bond donors (Lipinski definition) is 0. The van der Waals surface area contributed by atoms with Gasteiger partial charge in [-0.15, -0.1) is 0 Å². The summed E-state index contributed by atoms with van der Waals surface area (Å²) in [6.07, 6.45) is 55.4. The Morgan fingerprint density at radius 2 is 0.623 bits per heavy atom. The van der Waals surface area contributed by atoms with Crippen LogP contribution in [0.2, 0.25) is 0 Å². The van der Waals surface area contributed by atoms with Crippen LogP contribution in [0.3, 0.4) is 0 Å². The fraction of sp³-hybridized carbons (Fsp3) is 1.00. The molecule has 0 aromatic rings. The van der Waals surface area contributed by atoms with E-state index in [1.54, 1.807) is 173 Å². The summed E-state index contributed by atoms with van der Waals surface area (Å²) in [5, 5.41) is 0. The molecule has 53 heavy (non-hydrogen) atoms. The summed E-state index contributed by atoms with van der Waals surface area (Å²) in [5.41, 5.74) is 0. The van der Waals surface area contributed by atoms with Crippen molar-refractivity contribution in [2.45, 2.75) is 243 Å². The van der Waals surface area contributed by atoms with Crippen molar-refractivity contribution < 1.29 is 0 Å². The molecule has 10 fully saturated rings. The molecule has 10 aliphatic carbocycles. The molecular formula is C52H87N. The third-order valence-corrected chi connectivity index (χ3v) is 21.0. The van der Waals surface area contributed by atoms with E-state index in [9.17, 15) is 0 Å². The quantitative estimate of drug-likeness (QED) is 0.253. The molecule has 0 aromatic heterocycles. The topological polar surface area (TPSA) is 3.24 Å². The van der Waals surface area contributed by atoms with Crippen LogP contribution in [-0.4, -0.2) is 23.0 Å². The molecule has 0 spiro atoms. The fourth-order valence-electron chi connectivity index (χ4n) is 18.7. The Hall–Kier alpha value is -0.0400. The Morgan fingerprint density at radius 1 is 0.208 bits per heavy atom. The van der Waals surface area contributed by atoms with E-state index in [4.69, 9.17) is 0 Å². The second-order valence-corrected chi connectivity index (χ2v) is 23.1. The van der Waals surface area contributed by atoms with E-state index < -0.39 is 0 Å². The molecule has 0 N–H and O–H groups in total. The van der Waals surface area contributed by atoms with Gasteiger partial charge in [-0.05, 0) is 211 Å². The van der Waals surface area contributed by atoms with Gasteiger partial charge in [-0.3, -0.25) is 4.90 Å². The van der Waals surface area contributed by atoms with Gasteiger partial charge in [0.05, 0.1) is 0 Å². The maximum Gasteiger partial charge on any atom is 0.0101 e. The first-order valence-electron chi connectivity index (χ1n) is 26.0. The first-order valence-corrected chi connectivity index (χ1v) is 26.0. The minimum Gasteiger partial charge on any atom is -0.294 e. The van der Waals surface area contributed by atoms with E-state index in [-0.39, 0.29) is 0 Å². The molecule has 0 aromatic carbocycles. The van der Waals surface area contributed by atoms with Crippen LogP contribution < -0.4 is 0 Å². The van der Waals surface area contributed by atoms with Crippen LogP contribution in [0.15, 0.2) is 0 Å². The molecule has 10 rings (SSSR count). The highest BCUT2D eigenvalue weighted by Crippen LogP contribution is 2.62. The third kappa shape index (κ3) is 7.80. The largest absolute Gasteiger partial charge is 0.294 e. The van der Waals surface area contributed by atoms with Crippen LogP contribution in [0.4, 0.5) is 0 Å². The summed E-state index contributed by atoms with van der Waals surface area (Å²) in [6.45, 7) is 0. The van der Waals surface area contributed by atoms with Crippen molar-refractivity contribution in [1.29, 1.82) is 0 Å². The first kappa shape index (κ1) is 37.2. The van der Waals surface area contributed by atoms with Crippen LogP contribution in [0.25, 0.3) is 0 Å². The molecule has 1 heteroatoms. The molecule has 300 valence electrons. The molecule has 10 aliphatic rings. The van der Waals surface area contributed by atoms with Crippen LogP contribution in [0, 0.1) is 82.9 Å². The van der Waals surface area contributed by atoms with E-state index in [0.29, 0.717) is 0 Å². The van der Waals surface area contributed by atoms with Gasteiger partial charge in [0.15, 0.2) is 0 Å². The second-order valence-electron chi connectivity index (χ2n) is 23.1. The van der Waals surface area contributed by atoms with Gasteiger partial charge in [0.25, 0.3) is 0 Å². The Balaban J connectivity index is 0.753. The Morgan fingerprint density at radius 3 is 1.30 bits per heavy atom. The minimum absolute atomic E-state index is 0.934. The van der Waals surface area contributed by atoms with E-state index in [2.05, 4.69) is 4.90 Å². The molecule has 0 bridgehead atoms. The highest BCUT2D eigenvalue weighted by atomic mass is 15.2. The molecule has 0 radical (unpaired) electrons. The Labute approximate surface area is 329 Å². The van der Waals surface area contributed by atoms with Crippen LogP contribution >= 0.6 is 0 Å². The lowest BCUT2D eigenvalue weighted by molar-refractivity contribution is -0.0112. The summed E-state index contributed by atoms with van der Waals surface area (Å²) in [7, 11) is 0. The maximum atomic E-state index is 3.30. The summed E-state index contributed by atoms with van der Waals surface area (Å²) < 4.78 is 0. The lowest BCUT2D eigenvalue weighted by Gasteiger charge is -2.51. The zero-order valence-corrected chi connectivity index (χ0v) is 35.0. The second kappa shape index (κ2) is 17.1. The van der Waals surface area contributed by atoms with Gasteiger partial charge < -0.3 is 0 Å². The van der Waals surface area contributed by atoms with Crippen LogP contribution in [0.1, 0.15) is 225 Å². The SMILES string of the molecule is C1CCC(C2CCC(N(C3CCCCC3)C3CCC(C4CCCC5C4CC4CCCC(C6CCC(C7CC8CCCCC8C7)CC6)C45)CC3)CC2)CC1. The van der Waals surface area contributed by atoms with Crippen molar-refractivity contribution in [3.8, 4) is 0 Å². The summed E-state index contributed by atoms with van der Waals surface area (Å²) in [5.74, 6) is 15.7. The lowest BCUT2D eigenvalue weighted by atomic mass is 9.58. The number of fused-ring (bicyclic) bond motifs is 4. The predicted molar refractivity (Wildman–Crippen MR) is 224 cm³/mol. The number of hydrogen-bond acceptors (Lipinski definition) is 1. The highest BCUT2D eigenvalue weighted by molar-refractivity contribution is 5.04. The average Bonchev–Trinajstić information content (AvgIpc) is 3.85. The molecule has 0 amide bonds. The molecule has 0 aliphatic heterocycles. The molecule has 1 nitrogen and oxygen atoms in total. The minimum atomic E-state index is 0.934. The summed E-state index contributed by atoms with van der Waals surface area (Å²) in [4.78, 5) is 3.30. The van der Waals surface area contributed by atoms with Crippen LogP contribution in [-0.2, 0) is 0 Å². The van der Waals surface area contributed by atoms with E-state index >= 15 is 0 Å². The first-order chi connectivity index (χ1) is 26.3. The predicted octanol–water partition coefficient (Wildman–Crippen LogP) is 14.8. The molecule has 8 unspecified atom stereocenters. The smallest absolute Gasteiger partial charge is 0.0101 e. The maximum absolute atomic E-state index is 3.30. The third-order valence-electron chi connectivity index (χ3n) is 21.0. The number of nitrogens with zero attached hydrogens (tertiary/aromatic N) is 1. The van der Waals surface area contributed by atoms with Crippen molar-refractivity contribution >= 4 is 0 Å². The zero-order chi connectivity index (χ0) is 35.1. The number of rotatable bonds is 7. The molecular weight excluding hydrogens is 639 g/mol. The van der Waals surface area contributed by atoms with E-state index in [0.717, 1.165) is 101 Å². The zero-order valence-electron chi connectivity index (χ0n) is 35.0.